The first-order chi connectivity index (χ1) is 12.8. The van der Waals surface area contributed by atoms with E-state index >= 15 is 0 Å². The fraction of sp³-hybridized carbons (Fsp3) is 0.571. The number of carbonyl (C=O) groups is 3. The van der Waals surface area contributed by atoms with E-state index in [9.17, 15) is 19.5 Å². The SMILES string of the molecule is CC(NC(=O)CC1CCCCC1)C(=O)NCC(C)(C(=O)O)c1ccccc1. The highest BCUT2D eigenvalue weighted by Gasteiger charge is 2.36. The van der Waals surface area contributed by atoms with Crippen molar-refractivity contribution in [2.75, 3.05) is 6.54 Å². The maximum Gasteiger partial charge on any atom is 0.315 e. The summed E-state index contributed by atoms with van der Waals surface area (Å²) in [4.78, 5) is 36.3. The van der Waals surface area contributed by atoms with Crippen molar-refractivity contribution < 1.29 is 19.5 Å². The summed E-state index contributed by atoms with van der Waals surface area (Å²) < 4.78 is 0. The second-order valence-electron chi connectivity index (χ2n) is 7.72. The maximum absolute atomic E-state index is 12.4. The Kier molecular flexibility index (Phi) is 7.39. The normalized spacial score (nSPS) is 18.1. The van der Waals surface area contributed by atoms with Crippen LogP contribution in [0.15, 0.2) is 30.3 Å². The molecule has 1 aliphatic rings. The Morgan fingerprint density at radius 3 is 2.37 bits per heavy atom. The molecule has 2 amide bonds. The van der Waals surface area contributed by atoms with Crippen LogP contribution in [0.4, 0.5) is 0 Å². The van der Waals surface area contributed by atoms with Crippen LogP contribution in [0.5, 0.6) is 0 Å². The molecule has 0 spiro atoms. The zero-order valence-corrected chi connectivity index (χ0v) is 16.2. The van der Waals surface area contributed by atoms with Crippen LogP contribution in [0.1, 0.15) is 57.9 Å². The van der Waals surface area contributed by atoms with Crippen molar-refractivity contribution in [2.24, 2.45) is 5.92 Å². The molecule has 2 rings (SSSR count). The van der Waals surface area contributed by atoms with Crippen molar-refractivity contribution in [3.8, 4) is 0 Å². The summed E-state index contributed by atoms with van der Waals surface area (Å²) in [7, 11) is 0. The molecule has 0 aromatic heterocycles. The summed E-state index contributed by atoms with van der Waals surface area (Å²) >= 11 is 0. The molecular weight excluding hydrogens is 344 g/mol. The summed E-state index contributed by atoms with van der Waals surface area (Å²) in [5, 5.41) is 15.1. The lowest BCUT2D eigenvalue weighted by molar-refractivity contribution is -0.143. The average Bonchev–Trinajstić information content (AvgIpc) is 2.66. The third-order valence-electron chi connectivity index (χ3n) is 5.47. The Balaban J connectivity index is 1.87. The quantitative estimate of drug-likeness (QED) is 0.652. The number of nitrogens with one attached hydrogen (secondary N) is 2. The van der Waals surface area contributed by atoms with Gasteiger partial charge in [0.15, 0.2) is 0 Å². The Morgan fingerprint density at radius 1 is 1.15 bits per heavy atom. The minimum absolute atomic E-state index is 0.0476. The highest BCUT2D eigenvalue weighted by atomic mass is 16.4. The summed E-state index contributed by atoms with van der Waals surface area (Å²) in [5.41, 5.74) is -0.616. The first kappa shape index (κ1) is 20.9. The zero-order valence-electron chi connectivity index (χ0n) is 16.2. The number of amides is 2. The third-order valence-corrected chi connectivity index (χ3v) is 5.47. The Hall–Kier alpha value is -2.37. The number of benzene rings is 1. The largest absolute Gasteiger partial charge is 0.481 e. The first-order valence-corrected chi connectivity index (χ1v) is 9.69. The minimum Gasteiger partial charge on any atom is -0.481 e. The Labute approximate surface area is 160 Å². The lowest BCUT2D eigenvalue weighted by atomic mass is 9.82. The van der Waals surface area contributed by atoms with Crippen LogP contribution in [-0.2, 0) is 19.8 Å². The molecule has 1 aromatic carbocycles. The molecule has 3 N–H and O–H groups in total. The summed E-state index contributed by atoms with van der Waals surface area (Å²) in [6, 6.07) is 8.12. The second kappa shape index (κ2) is 9.53. The maximum atomic E-state index is 12.4. The van der Waals surface area contributed by atoms with Gasteiger partial charge in [0, 0.05) is 13.0 Å². The van der Waals surface area contributed by atoms with Gasteiger partial charge < -0.3 is 15.7 Å². The van der Waals surface area contributed by atoms with Gasteiger partial charge in [-0.2, -0.15) is 0 Å². The molecule has 2 unspecified atom stereocenters. The molecule has 6 heteroatoms. The molecule has 0 saturated heterocycles. The van der Waals surface area contributed by atoms with Gasteiger partial charge in [0.2, 0.25) is 11.8 Å². The average molecular weight is 374 g/mol. The van der Waals surface area contributed by atoms with Gasteiger partial charge in [-0.25, -0.2) is 0 Å². The minimum atomic E-state index is -1.23. The molecule has 1 aromatic rings. The van der Waals surface area contributed by atoms with E-state index in [-0.39, 0.29) is 18.4 Å². The van der Waals surface area contributed by atoms with E-state index in [1.54, 1.807) is 38.1 Å². The molecule has 2 atom stereocenters. The van der Waals surface area contributed by atoms with Gasteiger partial charge >= 0.3 is 5.97 Å². The molecule has 1 fully saturated rings. The summed E-state index contributed by atoms with van der Waals surface area (Å²) in [6.07, 6.45) is 6.17. The molecule has 27 heavy (non-hydrogen) atoms. The molecular formula is C21H30N2O4. The van der Waals surface area contributed by atoms with Crippen molar-refractivity contribution in [1.82, 2.24) is 10.6 Å². The van der Waals surface area contributed by atoms with E-state index in [1.807, 2.05) is 6.07 Å². The van der Waals surface area contributed by atoms with Gasteiger partial charge in [-0.05, 0) is 38.2 Å². The number of carboxylic acids is 1. The van der Waals surface area contributed by atoms with E-state index in [0.29, 0.717) is 17.9 Å². The van der Waals surface area contributed by atoms with Crippen LogP contribution in [0.2, 0.25) is 0 Å². The molecule has 0 aliphatic heterocycles. The molecule has 0 bridgehead atoms. The number of aliphatic carboxylic acids is 1. The number of hydrogen-bond acceptors (Lipinski definition) is 3. The van der Waals surface area contributed by atoms with Crippen molar-refractivity contribution in [3.05, 3.63) is 35.9 Å². The van der Waals surface area contributed by atoms with E-state index in [1.165, 1.54) is 19.3 Å². The highest BCUT2D eigenvalue weighted by Crippen LogP contribution is 2.26. The van der Waals surface area contributed by atoms with Crippen LogP contribution in [0.25, 0.3) is 0 Å². The predicted octanol–water partition coefficient (Wildman–Crippen LogP) is 2.62. The number of rotatable bonds is 8. The highest BCUT2D eigenvalue weighted by molar-refractivity contribution is 5.88. The topological polar surface area (TPSA) is 95.5 Å². The van der Waals surface area contributed by atoms with Crippen molar-refractivity contribution in [2.45, 2.75) is 63.8 Å². The Morgan fingerprint density at radius 2 is 1.78 bits per heavy atom. The van der Waals surface area contributed by atoms with E-state index in [4.69, 9.17) is 0 Å². The van der Waals surface area contributed by atoms with Gasteiger partial charge in [0.05, 0.1) is 0 Å². The van der Waals surface area contributed by atoms with Gasteiger partial charge in [0.1, 0.15) is 11.5 Å². The smallest absolute Gasteiger partial charge is 0.315 e. The molecule has 0 radical (unpaired) electrons. The third kappa shape index (κ3) is 5.81. The van der Waals surface area contributed by atoms with Crippen LogP contribution in [0.3, 0.4) is 0 Å². The molecule has 1 saturated carbocycles. The van der Waals surface area contributed by atoms with Gasteiger partial charge in [-0.1, -0.05) is 49.6 Å². The van der Waals surface area contributed by atoms with E-state index in [2.05, 4.69) is 10.6 Å². The van der Waals surface area contributed by atoms with Gasteiger partial charge in [-0.15, -0.1) is 0 Å². The van der Waals surface area contributed by atoms with E-state index in [0.717, 1.165) is 12.8 Å². The van der Waals surface area contributed by atoms with E-state index < -0.39 is 17.4 Å². The standard InChI is InChI=1S/C21H30N2O4/c1-15(23-18(24)13-16-9-5-3-6-10-16)19(25)22-14-21(2,20(26)27)17-11-7-4-8-12-17/h4,7-8,11-12,15-16H,3,5-6,9-10,13-14H2,1-2H3,(H,22,25)(H,23,24)(H,26,27). The lowest BCUT2D eigenvalue weighted by Crippen LogP contribution is -2.50. The first-order valence-electron chi connectivity index (χ1n) is 9.69. The van der Waals surface area contributed by atoms with Crippen molar-refractivity contribution in [3.63, 3.8) is 0 Å². The van der Waals surface area contributed by atoms with Crippen molar-refractivity contribution >= 4 is 17.8 Å². The van der Waals surface area contributed by atoms with Crippen LogP contribution >= 0.6 is 0 Å². The predicted molar refractivity (Wildman–Crippen MR) is 103 cm³/mol. The zero-order chi connectivity index (χ0) is 19.9. The van der Waals surface area contributed by atoms with Gasteiger partial charge in [0.25, 0.3) is 0 Å². The monoisotopic (exact) mass is 374 g/mol. The number of hydrogen-bond donors (Lipinski definition) is 3. The summed E-state index contributed by atoms with van der Waals surface area (Å²) in [6.45, 7) is 3.15. The molecule has 6 nitrogen and oxygen atoms in total. The molecule has 148 valence electrons. The fourth-order valence-electron chi connectivity index (χ4n) is 3.54. The second-order valence-corrected chi connectivity index (χ2v) is 7.72. The van der Waals surface area contributed by atoms with Crippen LogP contribution in [-0.4, -0.2) is 35.5 Å². The lowest BCUT2D eigenvalue weighted by Gasteiger charge is -2.27. The Bertz CT molecular complexity index is 655. The summed E-state index contributed by atoms with van der Waals surface area (Å²) in [5.74, 6) is -1.10. The fourth-order valence-corrected chi connectivity index (χ4v) is 3.54. The van der Waals surface area contributed by atoms with Crippen LogP contribution in [0, 0.1) is 5.92 Å². The molecule has 0 heterocycles. The van der Waals surface area contributed by atoms with Crippen LogP contribution < -0.4 is 10.6 Å². The van der Waals surface area contributed by atoms with Crippen molar-refractivity contribution in [1.29, 1.82) is 0 Å². The number of carbonyl (C=O) groups excluding carboxylic acids is 2. The van der Waals surface area contributed by atoms with Gasteiger partial charge in [-0.3, -0.25) is 14.4 Å². The molecule has 1 aliphatic carbocycles. The number of carboxylic acid groups (broad SMARTS) is 1.